The number of likely N-dealkylation sites (N-methyl/N-ethyl adjacent to an activating group) is 1. The second-order valence-electron chi connectivity index (χ2n) is 5.08. The van der Waals surface area contributed by atoms with E-state index in [2.05, 4.69) is 16.8 Å². The molecule has 1 fully saturated rings. The zero-order valence-electron chi connectivity index (χ0n) is 10.9. The number of piperazine rings is 1. The number of esters is 1. The first kappa shape index (κ1) is 12.3. The molecule has 5 nitrogen and oxygen atoms in total. The highest BCUT2D eigenvalue weighted by Crippen LogP contribution is 2.34. The fraction of sp³-hybridized carbons (Fsp3) is 0.429. The van der Waals surface area contributed by atoms with Crippen molar-refractivity contribution in [1.82, 2.24) is 9.80 Å². The van der Waals surface area contributed by atoms with Gasteiger partial charge < -0.3 is 9.64 Å². The lowest BCUT2D eigenvalue weighted by molar-refractivity contribution is -0.128. The van der Waals surface area contributed by atoms with Gasteiger partial charge in [-0.15, -0.1) is 0 Å². The Hall–Kier alpha value is -1.72. The molecule has 1 unspecified atom stereocenters. The molecule has 0 bridgehead atoms. The van der Waals surface area contributed by atoms with Crippen molar-refractivity contribution in [3.8, 4) is 5.75 Å². The van der Waals surface area contributed by atoms with Gasteiger partial charge in [0.25, 0.3) is 0 Å². The number of hydrogen-bond acceptors (Lipinski definition) is 5. The van der Waals surface area contributed by atoms with Gasteiger partial charge in [-0.3, -0.25) is 10.3 Å². The van der Waals surface area contributed by atoms with E-state index < -0.39 is 5.97 Å². The number of nitrogens with zero attached hydrogens (tertiary/aromatic N) is 2. The molecule has 19 heavy (non-hydrogen) atoms. The van der Waals surface area contributed by atoms with E-state index in [4.69, 9.17) is 10.1 Å². The second-order valence-corrected chi connectivity index (χ2v) is 5.08. The molecule has 2 aliphatic heterocycles. The van der Waals surface area contributed by atoms with E-state index in [1.807, 2.05) is 18.2 Å². The number of benzene rings is 1. The molecule has 5 heteroatoms. The van der Waals surface area contributed by atoms with Gasteiger partial charge in [0.1, 0.15) is 11.5 Å². The number of para-hydroxylation sites is 1. The Balaban J connectivity index is 1.95. The summed E-state index contributed by atoms with van der Waals surface area (Å²) in [6, 6.07) is 7.25. The van der Waals surface area contributed by atoms with E-state index in [1.165, 1.54) is 0 Å². The number of carbonyl (C=O) groups excluding carboxylic acids is 1. The lowest BCUT2D eigenvalue weighted by atomic mass is 9.96. The summed E-state index contributed by atoms with van der Waals surface area (Å²) in [7, 11) is 2.09. The van der Waals surface area contributed by atoms with Gasteiger partial charge in [-0.25, -0.2) is 4.79 Å². The highest BCUT2D eigenvalue weighted by atomic mass is 16.5. The van der Waals surface area contributed by atoms with Crippen LogP contribution in [-0.2, 0) is 4.79 Å². The maximum atomic E-state index is 11.8. The monoisotopic (exact) mass is 259 g/mol. The minimum Gasteiger partial charge on any atom is -0.422 e. The highest BCUT2D eigenvalue weighted by molar-refractivity contribution is 6.38. The first-order valence-corrected chi connectivity index (χ1v) is 6.49. The Bertz CT molecular complexity index is 521. The average Bonchev–Trinajstić information content (AvgIpc) is 2.42. The van der Waals surface area contributed by atoms with Gasteiger partial charge in [0.05, 0.1) is 6.04 Å². The minimum atomic E-state index is -0.525. The van der Waals surface area contributed by atoms with E-state index in [1.54, 1.807) is 6.07 Å². The molecule has 1 N–H and O–H groups in total. The summed E-state index contributed by atoms with van der Waals surface area (Å²) in [5.74, 6) is 0.0649. The van der Waals surface area contributed by atoms with Gasteiger partial charge in [0.2, 0.25) is 0 Å². The molecule has 1 atom stereocenters. The van der Waals surface area contributed by atoms with Crippen LogP contribution in [-0.4, -0.2) is 54.7 Å². The quantitative estimate of drug-likeness (QED) is 0.602. The fourth-order valence-electron chi connectivity index (χ4n) is 2.68. The van der Waals surface area contributed by atoms with Crippen LogP contribution in [0.2, 0.25) is 0 Å². The maximum absolute atomic E-state index is 11.8. The molecule has 1 aromatic rings. The molecule has 0 spiro atoms. The van der Waals surface area contributed by atoms with Crippen molar-refractivity contribution in [2.24, 2.45) is 0 Å². The van der Waals surface area contributed by atoms with E-state index in [9.17, 15) is 4.79 Å². The topological polar surface area (TPSA) is 56.6 Å². The standard InChI is InChI=1S/C14H17N3O2/c1-16-6-8-17(9-7-16)13-10-4-2-3-5-11(10)19-14(18)12(13)15/h2-5,13,15H,6-9H2,1H3. The van der Waals surface area contributed by atoms with E-state index >= 15 is 0 Å². The molecule has 100 valence electrons. The second kappa shape index (κ2) is 4.75. The van der Waals surface area contributed by atoms with Gasteiger partial charge in [0, 0.05) is 31.7 Å². The van der Waals surface area contributed by atoms with Gasteiger partial charge in [-0.1, -0.05) is 18.2 Å². The summed E-state index contributed by atoms with van der Waals surface area (Å²) in [4.78, 5) is 16.2. The van der Waals surface area contributed by atoms with Gasteiger partial charge >= 0.3 is 5.97 Å². The van der Waals surface area contributed by atoms with Gasteiger partial charge in [-0.2, -0.15) is 0 Å². The molecular formula is C14H17N3O2. The normalized spacial score (nSPS) is 25.0. The number of nitrogens with one attached hydrogen (secondary N) is 1. The van der Waals surface area contributed by atoms with Crippen LogP contribution in [0.1, 0.15) is 11.6 Å². The van der Waals surface area contributed by atoms with Crippen LogP contribution in [0.15, 0.2) is 24.3 Å². The molecule has 0 aliphatic carbocycles. The summed E-state index contributed by atoms with van der Waals surface area (Å²) < 4.78 is 5.19. The Morgan fingerprint density at radius 3 is 2.63 bits per heavy atom. The predicted molar refractivity (Wildman–Crippen MR) is 71.6 cm³/mol. The van der Waals surface area contributed by atoms with Gasteiger partial charge in [0.15, 0.2) is 0 Å². The molecule has 1 saturated heterocycles. The van der Waals surface area contributed by atoms with E-state index in [0.717, 1.165) is 31.7 Å². The first-order valence-electron chi connectivity index (χ1n) is 6.49. The third-order valence-corrected chi connectivity index (χ3v) is 3.81. The van der Waals surface area contributed by atoms with Crippen LogP contribution >= 0.6 is 0 Å². The van der Waals surface area contributed by atoms with Crippen molar-refractivity contribution in [2.75, 3.05) is 33.2 Å². The zero-order valence-corrected chi connectivity index (χ0v) is 10.9. The van der Waals surface area contributed by atoms with Crippen molar-refractivity contribution in [3.05, 3.63) is 29.8 Å². The highest BCUT2D eigenvalue weighted by Gasteiger charge is 2.37. The molecule has 0 saturated carbocycles. The van der Waals surface area contributed by atoms with Crippen molar-refractivity contribution < 1.29 is 9.53 Å². The molecule has 3 rings (SSSR count). The van der Waals surface area contributed by atoms with Crippen LogP contribution in [0.25, 0.3) is 0 Å². The van der Waals surface area contributed by atoms with Crippen LogP contribution < -0.4 is 4.74 Å². The summed E-state index contributed by atoms with van der Waals surface area (Å²) in [6.07, 6.45) is 0. The molecule has 1 aromatic carbocycles. The predicted octanol–water partition coefficient (Wildman–Crippen LogP) is 0.914. The average molecular weight is 259 g/mol. The Morgan fingerprint density at radius 1 is 1.21 bits per heavy atom. The minimum absolute atomic E-state index is 0.0447. The van der Waals surface area contributed by atoms with Crippen LogP contribution in [0.3, 0.4) is 0 Å². The lowest BCUT2D eigenvalue weighted by Crippen LogP contribution is -2.50. The zero-order chi connectivity index (χ0) is 13.4. The maximum Gasteiger partial charge on any atom is 0.359 e. The lowest BCUT2D eigenvalue weighted by Gasteiger charge is -2.39. The summed E-state index contributed by atoms with van der Waals surface area (Å²) in [5, 5.41) is 8.04. The molecule has 0 aromatic heterocycles. The summed E-state index contributed by atoms with van der Waals surface area (Å²) >= 11 is 0. The number of carbonyl (C=O) groups is 1. The van der Waals surface area contributed by atoms with E-state index in [-0.39, 0.29) is 11.8 Å². The van der Waals surface area contributed by atoms with Crippen molar-refractivity contribution in [1.29, 1.82) is 5.41 Å². The number of ether oxygens (including phenoxy) is 1. The molecular weight excluding hydrogens is 242 g/mol. The smallest absolute Gasteiger partial charge is 0.359 e. The van der Waals surface area contributed by atoms with Crippen LogP contribution in [0, 0.1) is 5.41 Å². The van der Waals surface area contributed by atoms with Crippen LogP contribution in [0.5, 0.6) is 5.75 Å². The van der Waals surface area contributed by atoms with Gasteiger partial charge in [-0.05, 0) is 13.1 Å². The van der Waals surface area contributed by atoms with E-state index in [0.29, 0.717) is 5.75 Å². The third-order valence-electron chi connectivity index (χ3n) is 3.81. The fourth-order valence-corrected chi connectivity index (χ4v) is 2.68. The van der Waals surface area contributed by atoms with Crippen molar-refractivity contribution in [3.63, 3.8) is 0 Å². The summed E-state index contributed by atoms with van der Waals surface area (Å²) in [6.45, 7) is 3.65. The summed E-state index contributed by atoms with van der Waals surface area (Å²) in [5.41, 5.74) is 0.972. The largest absolute Gasteiger partial charge is 0.422 e. The van der Waals surface area contributed by atoms with Crippen molar-refractivity contribution >= 4 is 11.7 Å². The number of fused-ring (bicyclic) bond motifs is 1. The van der Waals surface area contributed by atoms with Crippen molar-refractivity contribution in [2.45, 2.75) is 6.04 Å². The Kier molecular flexibility index (Phi) is 3.08. The SMILES string of the molecule is CN1CCN(C2C(=N)C(=O)Oc3ccccc32)CC1. The van der Waals surface area contributed by atoms with Crippen LogP contribution in [0.4, 0.5) is 0 Å². The molecule has 0 amide bonds. The Labute approximate surface area is 112 Å². The first-order chi connectivity index (χ1) is 9.16. The molecule has 2 heterocycles. The third kappa shape index (κ3) is 2.15. The number of rotatable bonds is 1. The molecule has 0 radical (unpaired) electrons. The molecule has 2 aliphatic rings. The Morgan fingerprint density at radius 2 is 1.89 bits per heavy atom. The number of hydrogen-bond donors (Lipinski definition) is 1.